The maximum absolute atomic E-state index is 12.7. The van der Waals surface area contributed by atoms with E-state index in [0.29, 0.717) is 24.4 Å². The first kappa shape index (κ1) is 15.7. The summed E-state index contributed by atoms with van der Waals surface area (Å²) in [6.07, 6.45) is 3.83. The van der Waals surface area contributed by atoms with Gasteiger partial charge in [-0.3, -0.25) is 9.78 Å². The van der Waals surface area contributed by atoms with E-state index >= 15 is 0 Å². The molecule has 0 spiro atoms. The van der Waals surface area contributed by atoms with Gasteiger partial charge in [0.1, 0.15) is 5.69 Å². The number of benzene rings is 1. The normalized spacial score (nSPS) is 10.5. The van der Waals surface area contributed by atoms with Gasteiger partial charge in [0.25, 0.3) is 0 Å². The number of carbonyl (C=O) groups excluding carboxylic acids is 1. The molecule has 0 atom stereocenters. The van der Waals surface area contributed by atoms with Crippen molar-refractivity contribution in [1.82, 2.24) is 15.0 Å². The molecule has 0 unspecified atom stereocenters. The molecule has 0 aliphatic heterocycles. The fraction of sp³-hybridized carbons (Fsp3) is 0.222. The van der Waals surface area contributed by atoms with Gasteiger partial charge in [-0.25, -0.2) is 0 Å². The van der Waals surface area contributed by atoms with Crippen molar-refractivity contribution in [2.24, 2.45) is 0 Å². The first-order valence-corrected chi connectivity index (χ1v) is 7.65. The van der Waals surface area contributed by atoms with Crippen molar-refractivity contribution in [3.8, 4) is 6.07 Å². The van der Waals surface area contributed by atoms with Gasteiger partial charge in [-0.2, -0.15) is 5.26 Å². The Hall–Kier alpha value is -3.20. The number of carbonyl (C=O) groups is 1. The highest BCUT2D eigenvalue weighted by atomic mass is 16.5. The van der Waals surface area contributed by atoms with Crippen LogP contribution in [0.1, 0.15) is 17.7 Å². The second-order valence-electron chi connectivity index (χ2n) is 5.39. The zero-order valence-corrected chi connectivity index (χ0v) is 13.1. The van der Waals surface area contributed by atoms with Gasteiger partial charge >= 0.3 is 0 Å². The maximum Gasteiger partial charge on any atom is 0.229 e. The zero-order chi connectivity index (χ0) is 16.8. The van der Waals surface area contributed by atoms with Crippen LogP contribution in [0.3, 0.4) is 0 Å². The minimum absolute atomic E-state index is 0.0897. The van der Waals surface area contributed by atoms with Crippen molar-refractivity contribution >= 4 is 16.9 Å². The van der Waals surface area contributed by atoms with E-state index in [4.69, 9.17) is 9.78 Å². The number of nitriles is 1. The van der Waals surface area contributed by atoms with Gasteiger partial charge in [-0.1, -0.05) is 23.4 Å². The molecule has 0 aliphatic rings. The Bertz CT molecular complexity index is 867. The van der Waals surface area contributed by atoms with Crippen LogP contribution >= 0.6 is 0 Å². The van der Waals surface area contributed by atoms with E-state index in [1.54, 1.807) is 17.3 Å². The average Bonchev–Trinajstić information content (AvgIpc) is 3.02. The molecule has 1 aromatic carbocycles. The Balaban J connectivity index is 1.76. The molecule has 3 rings (SSSR count). The third kappa shape index (κ3) is 3.58. The van der Waals surface area contributed by atoms with Gasteiger partial charge in [-0.15, -0.1) is 0 Å². The Morgan fingerprint density at radius 2 is 2.12 bits per heavy atom. The predicted molar refractivity (Wildman–Crippen MR) is 87.6 cm³/mol. The van der Waals surface area contributed by atoms with Crippen LogP contribution in [0.2, 0.25) is 0 Å². The second kappa shape index (κ2) is 7.38. The molecule has 0 saturated carbocycles. The first-order valence-electron chi connectivity index (χ1n) is 7.65. The predicted octanol–water partition coefficient (Wildman–Crippen LogP) is 2.71. The van der Waals surface area contributed by atoms with Crippen LogP contribution < -0.4 is 0 Å². The summed E-state index contributed by atoms with van der Waals surface area (Å²) in [6.45, 7) is 0.796. The molecule has 2 heterocycles. The number of hydrogen-bond donors (Lipinski definition) is 0. The highest BCUT2D eigenvalue weighted by Crippen LogP contribution is 2.19. The summed E-state index contributed by atoms with van der Waals surface area (Å²) in [4.78, 5) is 18.4. The maximum atomic E-state index is 12.7. The Kier molecular flexibility index (Phi) is 4.82. The van der Waals surface area contributed by atoms with E-state index in [-0.39, 0.29) is 18.7 Å². The van der Waals surface area contributed by atoms with E-state index in [0.717, 1.165) is 10.9 Å². The standard InChI is InChI=1S/C18H16N4O2/c19-8-4-10-22(13-14-5-3-9-20-12-14)18(23)11-16-15-6-1-2-7-17(15)24-21-16/h1-3,5-7,9,12H,4,10-11,13H2. The van der Waals surface area contributed by atoms with Crippen molar-refractivity contribution in [2.45, 2.75) is 19.4 Å². The quantitative estimate of drug-likeness (QED) is 0.697. The van der Waals surface area contributed by atoms with Crippen LogP contribution in [0.4, 0.5) is 0 Å². The topological polar surface area (TPSA) is 83.0 Å². The Morgan fingerprint density at radius 3 is 2.92 bits per heavy atom. The number of rotatable bonds is 6. The summed E-state index contributed by atoms with van der Waals surface area (Å²) in [6, 6.07) is 13.3. The minimum atomic E-state index is -0.0897. The van der Waals surface area contributed by atoms with E-state index in [1.165, 1.54) is 0 Å². The van der Waals surface area contributed by atoms with E-state index < -0.39 is 0 Å². The van der Waals surface area contributed by atoms with Crippen LogP contribution in [-0.4, -0.2) is 27.5 Å². The smallest absolute Gasteiger partial charge is 0.229 e. The molecule has 6 nitrogen and oxygen atoms in total. The SMILES string of the molecule is N#CCCN(Cc1cccnc1)C(=O)Cc1noc2ccccc12. The molecule has 24 heavy (non-hydrogen) atoms. The number of nitrogens with zero attached hydrogens (tertiary/aromatic N) is 4. The van der Waals surface area contributed by atoms with Crippen molar-refractivity contribution in [2.75, 3.05) is 6.54 Å². The zero-order valence-electron chi connectivity index (χ0n) is 13.1. The summed E-state index contributed by atoms with van der Waals surface area (Å²) in [5.74, 6) is -0.0897. The summed E-state index contributed by atoms with van der Waals surface area (Å²) in [5, 5.41) is 13.7. The highest BCUT2D eigenvalue weighted by Gasteiger charge is 2.18. The fourth-order valence-electron chi connectivity index (χ4n) is 2.51. The molecular weight excluding hydrogens is 304 g/mol. The molecule has 0 N–H and O–H groups in total. The molecule has 0 saturated heterocycles. The van der Waals surface area contributed by atoms with E-state index in [9.17, 15) is 4.79 Å². The average molecular weight is 320 g/mol. The van der Waals surface area contributed by atoms with E-state index in [1.807, 2.05) is 36.4 Å². The number of fused-ring (bicyclic) bond motifs is 1. The summed E-state index contributed by atoms with van der Waals surface area (Å²) in [5.41, 5.74) is 2.20. The molecule has 6 heteroatoms. The lowest BCUT2D eigenvalue weighted by Crippen LogP contribution is -2.32. The van der Waals surface area contributed by atoms with Gasteiger partial charge in [0.15, 0.2) is 5.58 Å². The Labute approximate surface area is 139 Å². The summed E-state index contributed by atoms with van der Waals surface area (Å²) in [7, 11) is 0. The van der Waals surface area contributed by atoms with Crippen molar-refractivity contribution in [3.63, 3.8) is 0 Å². The molecule has 0 bridgehead atoms. The second-order valence-corrected chi connectivity index (χ2v) is 5.39. The molecule has 0 fully saturated rings. The molecule has 2 aromatic heterocycles. The monoisotopic (exact) mass is 320 g/mol. The summed E-state index contributed by atoms with van der Waals surface area (Å²) < 4.78 is 5.25. The van der Waals surface area contributed by atoms with Gasteiger partial charge in [0, 0.05) is 30.9 Å². The highest BCUT2D eigenvalue weighted by molar-refractivity contribution is 5.86. The number of aromatic nitrogens is 2. The lowest BCUT2D eigenvalue weighted by atomic mass is 10.1. The molecule has 120 valence electrons. The molecule has 3 aromatic rings. The van der Waals surface area contributed by atoms with Crippen molar-refractivity contribution < 1.29 is 9.32 Å². The van der Waals surface area contributed by atoms with Gasteiger partial charge in [0.2, 0.25) is 5.91 Å². The lowest BCUT2D eigenvalue weighted by molar-refractivity contribution is -0.131. The van der Waals surface area contributed by atoms with Crippen molar-refractivity contribution in [3.05, 3.63) is 60.0 Å². The summed E-state index contributed by atoms with van der Waals surface area (Å²) >= 11 is 0. The van der Waals surface area contributed by atoms with Crippen LogP contribution in [0.15, 0.2) is 53.3 Å². The third-order valence-corrected chi connectivity index (χ3v) is 3.71. The van der Waals surface area contributed by atoms with Gasteiger partial charge < -0.3 is 9.42 Å². The molecule has 0 radical (unpaired) electrons. The first-order chi connectivity index (χ1) is 11.8. The van der Waals surface area contributed by atoms with E-state index in [2.05, 4.69) is 16.2 Å². The van der Waals surface area contributed by atoms with Gasteiger partial charge in [0.05, 0.1) is 18.9 Å². The van der Waals surface area contributed by atoms with Crippen LogP contribution in [0.5, 0.6) is 0 Å². The van der Waals surface area contributed by atoms with Crippen molar-refractivity contribution in [1.29, 1.82) is 5.26 Å². The number of para-hydroxylation sites is 1. The van der Waals surface area contributed by atoms with Gasteiger partial charge in [-0.05, 0) is 23.8 Å². The van der Waals surface area contributed by atoms with Crippen LogP contribution in [-0.2, 0) is 17.8 Å². The lowest BCUT2D eigenvalue weighted by Gasteiger charge is -2.21. The number of hydrogen-bond acceptors (Lipinski definition) is 5. The number of amides is 1. The molecular formula is C18H16N4O2. The fourth-order valence-corrected chi connectivity index (χ4v) is 2.51. The Morgan fingerprint density at radius 1 is 1.25 bits per heavy atom. The largest absolute Gasteiger partial charge is 0.356 e. The molecule has 0 aliphatic carbocycles. The minimum Gasteiger partial charge on any atom is -0.356 e. The van der Waals surface area contributed by atoms with Crippen LogP contribution in [0.25, 0.3) is 11.0 Å². The third-order valence-electron chi connectivity index (χ3n) is 3.71. The molecule has 1 amide bonds. The van der Waals surface area contributed by atoms with Crippen LogP contribution in [0, 0.1) is 11.3 Å². The number of pyridine rings is 1.